The SMILES string of the molecule is O=[N+]([O-])c1cccc(F)c1Oc1nc(Cl)nc2[nH]ncc12. The third-order valence-electron chi connectivity index (χ3n) is 2.59. The van der Waals surface area contributed by atoms with Crippen LogP contribution in [0.25, 0.3) is 11.0 Å². The van der Waals surface area contributed by atoms with Gasteiger partial charge in [0.05, 0.1) is 11.1 Å². The Labute approximate surface area is 120 Å². The van der Waals surface area contributed by atoms with E-state index in [1.165, 1.54) is 12.3 Å². The molecule has 0 atom stereocenters. The molecule has 0 aliphatic heterocycles. The predicted octanol–water partition coefficient (Wildman–Crippen LogP) is 2.85. The fourth-order valence-corrected chi connectivity index (χ4v) is 1.86. The zero-order valence-electron chi connectivity index (χ0n) is 10.1. The molecule has 0 unspecified atom stereocenters. The number of nitrogens with zero attached hydrogens (tertiary/aromatic N) is 4. The van der Waals surface area contributed by atoms with Crippen LogP contribution in [0.15, 0.2) is 24.4 Å². The highest BCUT2D eigenvalue weighted by atomic mass is 35.5. The molecule has 0 saturated carbocycles. The van der Waals surface area contributed by atoms with E-state index in [4.69, 9.17) is 16.3 Å². The lowest BCUT2D eigenvalue weighted by atomic mass is 10.3. The Morgan fingerprint density at radius 1 is 1.38 bits per heavy atom. The van der Waals surface area contributed by atoms with Gasteiger partial charge in [-0.3, -0.25) is 15.2 Å². The second-order valence-electron chi connectivity index (χ2n) is 3.88. The van der Waals surface area contributed by atoms with Gasteiger partial charge in [0.1, 0.15) is 5.39 Å². The number of nitro benzene ring substituents is 1. The molecular weight excluding hydrogens is 305 g/mol. The van der Waals surface area contributed by atoms with E-state index in [2.05, 4.69) is 20.2 Å². The molecule has 0 saturated heterocycles. The van der Waals surface area contributed by atoms with Crippen LogP contribution in [0.3, 0.4) is 0 Å². The number of H-pyrrole nitrogens is 1. The molecule has 1 aromatic carbocycles. The van der Waals surface area contributed by atoms with Crippen molar-refractivity contribution >= 4 is 28.3 Å². The molecule has 0 spiro atoms. The fourth-order valence-electron chi connectivity index (χ4n) is 1.70. The summed E-state index contributed by atoms with van der Waals surface area (Å²) in [5.74, 6) is -1.58. The Bertz CT molecular complexity index is 853. The molecule has 0 amide bonds. The van der Waals surface area contributed by atoms with E-state index in [1.54, 1.807) is 0 Å². The van der Waals surface area contributed by atoms with Crippen molar-refractivity contribution < 1.29 is 14.1 Å². The molecule has 3 aromatic rings. The van der Waals surface area contributed by atoms with Gasteiger partial charge in [-0.05, 0) is 17.7 Å². The molecule has 21 heavy (non-hydrogen) atoms. The lowest BCUT2D eigenvalue weighted by Gasteiger charge is -2.07. The van der Waals surface area contributed by atoms with Crippen molar-refractivity contribution in [2.24, 2.45) is 0 Å². The van der Waals surface area contributed by atoms with Gasteiger partial charge in [-0.15, -0.1) is 0 Å². The van der Waals surface area contributed by atoms with E-state index in [0.717, 1.165) is 12.1 Å². The van der Waals surface area contributed by atoms with Crippen LogP contribution in [0.5, 0.6) is 11.6 Å². The number of aromatic amines is 1. The Hall–Kier alpha value is -2.81. The zero-order chi connectivity index (χ0) is 15.0. The van der Waals surface area contributed by atoms with E-state index in [9.17, 15) is 14.5 Å². The van der Waals surface area contributed by atoms with Crippen LogP contribution < -0.4 is 4.74 Å². The Morgan fingerprint density at radius 2 is 2.19 bits per heavy atom. The zero-order valence-corrected chi connectivity index (χ0v) is 10.8. The van der Waals surface area contributed by atoms with Gasteiger partial charge in [0, 0.05) is 6.07 Å². The van der Waals surface area contributed by atoms with E-state index in [-0.39, 0.29) is 16.8 Å². The Morgan fingerprint density at radius 3 is 2.95 bits per heavy atom. The van der Waals surface area contributed by atoms with E-state index < -0.39 is 22.2 Å². The second kappa shape index (κ2) is 4.94. The number of hydrogen-bond donors (Lipinski definition) is 1. The molecule has 0 aliphatic carbocycles. The minimum atomic E-state index is -0.893. The maximum atomic E-state index is 13.8. The van der Waals surface area contributed by atoms with Crippen LogP contribution in [-0.4, -0.2) is 25.1 Å². The molecule has 0 aliphatic rings. The van der Waals surface area contributed by atoms with Crippen molar-refractivity contribution in [2.75, 3.05) is 0 Å². The Balaban J connectivity index is 2.15. The number of ether oxygens (including phenoxy) is 1. The maximum Gasteiger partial charge on any atom is 0.314 e. The summed E-state index contributed by atoms with van der Waals surface area (Å²) in [6, 6.07) is 3.37. The number of para-hydroxylation sites is 1. The molecule has 8 nitrogen and oxygen atoms in total. The molecule has 106 valence electrons. The van der Waals surface area contributed by atoms with Gasteiger partial charge in [-0.2, -0.15) is 15.1 Å². The number of fused-ring (bicyclic) bond motifs is 1. The molecule has 10 heteroatoms. The lowest BCUT2D eigenvalue weighted by Crippen LogP contribution is -1.98. The van der Waals surface area contributed by atoms with Crippen LogP contribution in [-0.2, 0) is 0 Å². The van der Waals surface area contributed by atoms with Gasteiger partial charge in [0.25, 0.3) is 0 Å². The lowest BCUT2D eigenvalue weighted by molar-refractivity contribution is -0.385. The molecule has 3 rings (SSSR count). The first-order valence-corrected chi connectivity index (χ1v) is 5.91. The van der Waals surface area contributed by atoms with Crippen molar-refractivity contribution in [2.45, 2.75) is 0 Å². The number of nitrogens with one attached hydrogen (secondary N) is 1. The molecular formula is C11H5ClFN5O3. The summed E-state index contributed by atoms with van der Waals surface area (Å²) in [4.78, 5) is 17.8. The highest BCUT2D eigenvalue weighted by molar-refractivity contribution is 6.28. The number of nitro groups is 1. The number of hydrogen-bond acceptors (Lipinski definition) is 6. The van der Waals surface area contributed by atoms with Gasteiger partial charge in [0.15, 0.2) is 11.5 Å². The van der Waals surface area contributed by atoms with Gasteiger partial charge >= 0.3 is 5.69 Å². The van der Waals surface area contributed by atoms with Crippen molar-refractivity contribution in [3.8, 4) is 11.6 Å². The molecule has 0 bridgehead atoms. The first kappa shape index (κ1) is 13.2. The van der Waals surface area contributed by atoms with Crippen LogP contribution in [0.1, 0.15) is 0 Å². The van der Waals surface area contributed by atoms with Gasteiger partial charge in [0.2, 0.25) is 16.9 Å². The van der Waals surface area contributed by atoms with E-state index >= 15 is 0 Å². The third-order valence-corrected chi connectivity index (χ3v) is 2.76. The summed E-state index contributed by atoms with van der Waals surface area (Å²) in [5.41, 5.74) is -0.259. The largest absolute Gasteiger partial charge is 0.428 e. The normalized spacial score (nSPS) is 10.8. The van der Waals surface area contributed by atoms with Crippen molar-refractivity contribution in [1.29, 1.82) is 0 Å². The quantitative estimate of drug-likeness (QED) is 0.453. The van der Waals surface area contributed by atoms with Crippen LogP contribution in [0.4, 0.5) is 10.1 Å². The number of benzene rings is 1. The predicted molar refractivity (Wildman–Crippen MR) is 69.8 cm³/mol. The number of aromatic nitrogens is 4. The van der Waals surface area contributed by atoms with Crippen LogP contribution in [0, 0.1) is 15.9 Å². The maximum absolute atomic E-state index is 13.8. The van der Waals surface area contributed by atoms with Gasteiger partial charge < -0.3 is 4.74 Å². The summed E-state index contributed by atoms with van der Waals surface area (Å²) in [5, 5.41) is 17.4. The fraction of sp³-hybridized carbons (Fsp3) is 0. The summed E-state index contributed by atoms with van der Waals surface area (Å²) >= 11 is 5.71. The monoisotopic (exact) mass is 309 g/mol. The molecule has 2 aromatic heterocycles. The summed E-state index contributed by atoms with van der Waals surface area (Å²) in [7, 11) is 0. The molecule has 0 fully saturated rings. The average Bonchev–Trinajstić information content (AvgIpc) is 2.88. The standard InChI is InChI=1S/C11H5ClFN5O3/c12-11-15-9-5(4-14-17-9)10(16-11)21-8-6(13)2-1-3-7(8)18(19)20/h1-4H,(H,14,15,16,17). The van der Waals surface area contributed by atoms with Gasteiger partial charge in [-0.25, -0.2) is 4.39 Å². The highest BCUT2D eigenvalue weighted by Crippen LogP contribution is 2.35. The minimum Gasteiger partial charge on any atom is -0.428 e. The topological polar surface area (TPSA) is 107 Å². The molecule has 0 radical (unpaired) electrons. The van der Waals surface area contributed by atoms with Gasteiger partial charge in [-0.1, -0.05) is 6.07 Å². The van der Waals surface area contributed by atoms with E-state index in [0.29, 0.717) is 5.39 Å². The second-order valence-corrected chi connectivity index (χ2v) is 4.22. The highest BCUT2D eigenvalue weighted by Gasteiger charge is 2.22. The van der Waals surface area contributed by atoms with Crippen molar-refractivity contribution in [3.05, 3.63) is 45.6 Å². The first-order chi connectivity index (χ1) is 10.1. The molecule has 1 N–H and O–H groups in total. The summed E-state index contributed by atoms with van der Waals surface area (Å²) in [6.07, 6.45) is 1.34. The van der Waals surface area contributed by atoms with Crippen molar-refractivity contribution in [1.82, 2.24) is 20.2 Å². The summed E-state index contributed by atoms with van der Waals surface area (Å²) in [6.45, 7) is 0. The Kier molecular flexibility index (Phi) is 3.10. The third kappa shape index (κ3) is 2.34. The molecule has 2 heterocycles. The smallest absolute Gasteiger partial charge is 0.314 e. The summed E-state index contributed by atoms with van der Waals surface area (Å²) < 4.78 is 19.0. The number of rotatable bonds is 3. The van der Waals surface area contributed by atoms with Crippen LogP contribution >= 0.6 is 11.6 Å². The first-order valence-electron chi connectivity index (χ1n) is 5.53. The minimum absolute atomic E-state index is 0.132. The average molecular weight is 310 g/mol. The van der Waals surface area contributed by atoms with Crippen LogP contribution in [0.2, 0.25) is 5.28 Å². The van der Waals surface area contributed by atoms with E-state index in [1.807, 2.05) is 0 Å². The van der Waals surface area contributed by atoms with Crippen molar-refractivity contribution in [3.63, 3.8) is 0 Å². The number of halogens is 2.